The summed E-state index contributed by atoms with van der Waals surface area (Å²) >= 11 is 0. The molecule has 2 N–H and O–H groups in total. The van der Waals surface area contributed by atoms with E-state index in [4.69, 9.17) is 0 Å². The molecule has 2 amide bonds. The minimum Gasteiger partial charge on any atom is -0.347 e. The number of carbonyl (C=O) groups is 2. The summed E-state index contributed by atoms with van der Waals surface area (Å²) in [6.45, 7) is 2.88. The first-order chi connectivity index (χ1) is 11.6. The Morgan fingerprint density at radius 1 is 1.33 bits per heavy atom. The second-order valence-corrected chi connectivity index (χ2v) is 6.15. The van der Waals surface area contributed by atoms with Gasteiger partial charge >= 0.3 is 0 Å². The van der Waals surface area contributed by atoms with Gasteiger partial charge in [0.15, 0.2) is 0 Å². The van der Waals surface area contributed by atoms with E-state index in [0.29, 0.717) is 6.54 Å². The van der Waals surface area contributed by atoms with E-state index >= 15 is 0 Å². The Balaban J connectivity index is 1.73. The summed E-state index contributed by atoms with van der Waals surface area (Å²) in [5.74, 6) is 0.0188. The number of H-pyrrole nitrogens is 1. The van der Waals surface area contributed by atoms with E-state index < -0.39 is 0 Å². The van der Waals surface area contributed by atoms with Crippen LogP contribution in [0.25, 0.3) is 11.1 Å². The molecule has 0 saturated carbocycles. The fraction of sp³-hybridized carbons (Fsp3) is 0.389. The summed E-state index contributed by atoms with van der Waals surface area (Å²) in [6.07, 6.45) is 3.82. The van der Waals surface area contributed by atoms with E-state index in [-0.39, 0.29) is 24.3 Å². The van der Waals surface area contributed by atoms with Crippen molar-refractivity contribution in [2.75, 3.05) is 19.6 Å². The molecule has 2 aromatic rings. The minimum atomic E-state index is -0.183. The summed E-state index contributed by atoms with van der Waals surface area (Å²) in [6, 6.07) is 10.1. The van der Waals surface area contributed by atoms with Crippen molar-refractivity contribution in [2.45, 2.75) is 25.7 Å². The smallest absolute Gasteiger partial charge is 0.241 e. The molecule has 1 saturated heterocycles. The second kappa shape index (κ2) is 7.29. The Kier molecular flexibility index (Phi) is 4.93. The highest BCUT2D eigenvalue weighted by atomic mass is 16.2. The normalized spacial score (nSPS) is 17.5. The van der Waals surface area contributed by atoms with E-state index in [2.05, 4.69) is 27.6 Å². The Morgan fingerprint density at radius 2 is 2.12 bits per heavy atom. The number of rotatable bonds is 4. The molecule has 0 unspecified atom stereocenters. The molecular formula is C18H22N4O2. The van der Waals surface area contributed by atoms with Crippen LogP contribution in [0.3, 0.4) is 0 Å². The van der Waals surface area contributed by atoms with Crippen LogP contribution in [0.4, 0.5) is 0 Å². The highest BCUT2D eigenvalue weighted by Gasteiger charge is 2.27. The number of aromatic amines is 1. The van der Waals surface area contributed by atoms with E-state index in [1.807, 2.05) is 29.3 Å². The van der Waals surface area contributed by atoms with Crippen molar-refractivity contribution >= 4 is 11.8 Å². The van der Waals surface area contributed by atoms with Crippen molar-refractivity contribution in [3.8, 4) is 11.1 Å². The highest BCUT2D eigenvalue weighted by Crippen LogP contribution is 2.32. The first-order valence-electron chi connectivity index (χ1n) is 8.26. The van der Waals surface area contributed by atoms with Crippen LogP contribution >= 0.6 is 0 Å². The maximum Gasteiger partial charge on any atom is 0.241 e. The molecule has 1 aliphatic rings. The second-order valence-electron chi connectivity index (χ2n) is 6.15. The first kappa shape index (κ1) is 16.2. The number of likely N-dealkylation sites (tertiary alicyclic amines) is 1. The molecule has 1 atom stereocenters. The van der Waals surface area contributed by atoms with Gasteiger partial charge in [-0.05, 0) is 18.4 Å². The number of benzene rings is 1. The van der Waals surface area contributed by atoms with E-state index in [1.54, 1.807) is 0 Å². The zero-order valence-corrected chi connectivity index (χ0v) is 13.8. The predicted octanol–water partition coefficient (Wildman–Crippen LogP) is 1.92. The molecule has 0 spiro atoms. The van der Waals surface area contributed by atoms with Gasteiger partial charge in [-0.15, -0.1) is 0 Å². The standard InChI is InChI=1S/C18H22N4O2/c1-13(23)19-11-17(24)22-9-5-8-15(12-22)18-16(10-20-21-18)14-6-3-2-4-7-14/h2-4,6-7,10,15H,5,8-9,11-12H2,1H3,(H,19,23)(H,20,21)/t15-/m1/s1. The van der Waals surface area contributed by atoms with Crippen molar-refractivity contribution in [1.82, 2.24) is 20.4 Å². The number of piperidine rings is 1. The van der Waals surface area contributed by atoms with Gasteiger partial charge in [-0.25, -0.2) is 0 Å². The lowest BCUT2D eigenvalue weighted by atomic mass is 9.90. The summed E-state index contributed by atoms with van der Waals surface area (Å²) < 4.78 is 0. The van der Waals surface area contributed by atoms with Gasteiger partial charge in [-0.2, -0.15) is 5.10 Å². The van der Waals surface area contributed by atoms with Crippen LogP contribution < -0.4 is 5.32 Å². The maximum atomic E-state index is 12.3. The van der Waals surface area contributed by atoms with Crippen molar-refractivity contribution in [3.63, 3.8) is 0 Å². The fourth-order valence-electron chi connectivity index (χ4n) is 3.21. The Morgan fingerprint density at radius 3 is 2.88 bits per heavy atom. The van der Waals surface area contributed by atoms with E-state index in [1.165, 1.54) is 6.92 Å². The first-order valence-corrected chi connectivity index (χ1v) is 8.26. The molecule has 1 aromatic heterocycles. The van der Waals surface area contributed by atoms with E-state index in [0.717, 1.165) is 36.2 Å². The van der Waals surface area contributed by atoms with Crippen LogP contribution in [0.15, 0.2) is 36.5 Å². The third kappa shape index (κ3) is 3.64. The summed E-state index contributed by atoms with van der Waals surface area (Å²) in [7, 11) is 0. The zero-order valence-electron chi connectivity index (χ0n) is 13.8. The van der Waals surface area contributed by atoms with Crippen LogP contribution in [0.1, 0.15) is 31.4 Å². The molecule has 6 heteroatoms. The zero-order chi connectivity index (χ0) is 16.9. The molecule has 0 aliphatic carbocycles. The number of nitrogens with zero attached hydrogens (tertiary/aromatic N) is 2. The van der Waals surface area contributed by atoms with Crippen LogP contribution in [0.2, 0.25) is 0 Å². The number of aromatic nitrogens is 2. The van der Waals surface area contributed by atoms with Crippen molar-refractivity contribution < 1.29 is 9.59 Å². The lowest BCUT2D eigenvalue weighted by Gasteiger charge is -2.32. The Bertz CT molecular complexity index is 711. The Hall–Kier alpha value is -2.63. The highest BCUT2D eigenvalue weighted by molar-refractivity contribution is 5.83. The van der Waals surface area contributed by atoms with Crippen molar-refractivity contribution in [3.05, 3.63) is 42.2 Å². The molecule has 0 radical (unpaired) electrons. The molecule has 3 rings (SSSR count). The molecular weight excluding hydrogens is 304 g/mol. The molecule has 1 fully saturated rings. The maximum absolute atomic E-state index is 12.3. The largest absolute Gasteiger partial charge is 0.347 e. The average molecular weight is 326 g/mol. The van der Waals surface area contributed by atoms with Crippen LogP contribution in [0.5, 0.6) is 0 Å². The summed E-state index contributed by atoms with van der Waals surface area (Å²) in [4.78, 5) is 25.1. The number of hydrogen-bond acceptors (Lipinski definition) is 3. The minimum absolute atomic E-state index is 0.0318. The quantitative estimate of drug-likeness (QED) is 0.901. The molecule has 2 heterocycles. The SMILES string of the molecule is CC(=O)NCC(=O)N1CCC[C@@H](c2[nH]ncc2-c2ccccc2)C1. The van der Waals surface area contributed by atoms with Gasteiger partial charge in [0.2, 0.25) is 11.8 Å². The lowest BCUT2D eigenvalue weighted by molar-refractivity contribution is -0.133. The number of hydrogen-bond donors (Lipinski definition) is 2. The average Bonchev–Trinajstić information content (AvgIpc) is 3.10. The van der Waals surface area contributed by atoms with Gasteiger partial charge in [-0.1, -0.05) is 30.3 Å². The fourth-order valence-corrected chi connectivity index (χ4v) is 3.21. The lowest BCUT2D eigenvalue weighted by Crippen LogP contribution is -2.44. The Labute approximate surface area is 141 Å². The van der Waals surface area contributed by atoms with Crippen LogP contribution in [-0.2, 0) is 9.59 Å². The molecule has 24 heavy (non-hydrogen) atoms. The topological polar surface area (TPSA) is 78.1 Å². The van der Waals surface area contributed by atoms with Gasteiger partial charge in [0.1, 0.15) is 0 Å². The summed E-state index contributed by atoms with van der Waals surface area (Å²) in [5.41, 5.74) is 3.30. The third-order valence-corrected chi connectivity index (χ3v) is 4.42. The third-order valence-electron chi connectivity index (χ3n) is 4.42. The molecule has 1 aromatic carbocycles. The molecule has 126 valence electrons. The van der Waals surface area contributed by atoms with Gasteiger partial charge in [0.05, 0.1) is 12.7 Å². The van der Waals surface area contributed by atoms with Gasteiger partial charge in [-0.3, -0.25) is 14.7 Å². The van der Waals surface area contributed by atoms with E-state index in [9.17, 15) is 9.59 Å². The van der Waals surface area contributed by atoms with Crippen molar-refractivity contribution in [1.29, 1.82) is 0 Å². The van der Waals surface area contributed by atoms with Gasteiger partial charge in [0, 0.05) is 37.2 Å². The number of amides is 2. The number of nitrogens with one attached hydrogen (secondary N) is 2. The van der Waals surface area contributed by atoms with Gasteiger partial charge < -0.3 is 10.2 Å². The number of carbonyl (C=O) groups excluding carboxylic acids is 2. The van der Waals surface area contributed by atoms with Crippen molar-refractivity contribution in [2.24, 2.45) is 0 Å². The summed E-state index contributed by atoms with van der Waals surface area (Å²) in [5, 5.41) is 9.92. The molecule has 6 nitrogen and oxygen atoms in total. The predicted molar refractivity (Wildman–Crippen MR) is 91.3 cm³/mol. The monoisotopic (exact) mass is 326 g/mol. The van der Waals surface area contributed by atoms with Crippen LogP contribution in [-0.4, -0.2) is 46.5 Å². The molecule has 0 bridgehead atoms. The van der Waals surface area contributed by atoms with Gasteiger partial charge in [0.25, 0.3) is 0 Å². The molecule has 1 aliphatic heterocycles. The van der Waals surface area contributed by atoms with Crippen LogP contribution in [0, 0.1) is 0 Å².